The van der Waals surface area contributed by atoms with Gasteiger partial charge in [0.25, 0.3) is 5.91 Å². The Kier molecular flexibility index (Phi) is 4.63. The molecule has 5 nitrogen and oxygen atoms in total. The molecule has 0 aliphatic carbocycles. The van der Waals surface area contributed by atoms with E-state index in [1.54, 1.807) is 16.2 Å². The van der Waals surface area contributed by atoms with Crippen LogP contribution in [0.3, 0.4) is 0 Å². The topological polar surface area (TPSA) is 51.7 Å². The SMILES string of the molecule is O=C(COc1cc(-c2ccsc2)nc2ccccc12)N1CCOCC1. The number of para-hydroxylation sites is 1. The molecule has 1 saturated heterocycles. The number of hydrogen-bond donors (Lipinski definition) is 0. The Morgan fingerprint density at radius 1 is 1.24 bits per heavy atom. The quantitative estimate of drug-likeness (QED) is 0.722. The Labute approximate surface area is 149 Å². The van der Waals surface area contributed by atoms with Crippen molar-refractivity contribution in [3.8, 4) is 17.0 Å². The van der Waals surface area contributed by atoms with Crippen LogP contribution in [0.5, 0.6) is 5.75 Å². The van der Waals surface area contributed by atoms with Crippen molar-refractivity contribution in [2.24, 2.45) is 0 Å². The first-order valence-electron chi connectivity index (χ1n) is 8.22. The standard InChI is InChI=1S/C19H18N2O3S/c22-19(21-6-8-23-9-7-21)12-24-18-11-17(14-5-10-25-13-14)20-16-4-2-1-3-15(16)18/h1-5,10-11,13H,6-9,12H2. The van der Waals surface area contributed by atoms with E-state index in [2.05, 4.69) is 5.38 Å². The van der Waals surface area contributed by atoms with E-state index in [4.69, 9.17) is 14.5 Å². The van der Waals surface area contributed by atoms with Gasteiger partial charge in [-0.2, -0.15) is 11.3 Å². The van der Waals surface area contributed by atoms with Crippen molar-refractivity contribution < 1.29 is 14.3 Å². The van der Waals surface area contributed by atoms with Gasteiger partial charge in [-0.25, -0.2) is 4.98 Å². The van der Waals surface area contributed by atoms with Crippen LogP contribution in [-0.4, -0.2) is 48.7 Å². The molecule has 1 aromatic carbocycles. The third kappa shape index (κ3) is 3.50. The van der Waals surface area contributed by atoms with E-state index >= 15 is 0 Å². The maximum Gasteiger partial charge on any atom is 0.260 e. The molecule has 1 fully saturated rings. The van der Waals surface area contributed by atoms with Crippen LogP contribution in [0.15, 0.2) is 47.2 Å². The maximum absolute atomic E-state index is 12.4. The molecule has 6 heteroatoms. The molecule has 0 spiro atoms. The second-order valence-corrected chi connectivity index (χ2v) is 6.60. The highest BCUT2D eigenvalue weighted by molar-refractivity contribution is 7.08. The zero-order valence-electron chi connectivity index (χ0n) is 13.7. The van der Waals surface area contributed by atoms with Crippen molar-refractivity contribution in [1.29, 1.82) is 0 Å². The zero-order valence-corrected chi connectivity index (χ0v) is 14.5. The van der Waals surface area contributed by atoms with Gasteiger partial charge in [0.15, 0.2) is 6.61 Å². The lowest BCUT2D eigenvalue weighted by Gasteiger charge is -2.26. The minimum absolute atomic E-state index is 0.0127. The van der Waals surface area contributed by atoms with Crippen LogP contribution in [0, 0.1) is 0 Å². The van der Waals surface area contributed by atoms with E-state index in [0.29, 0.717) is 32.1 Å². The molecule has 0 saturated carbocycles. The number of carbonyl (C=O) groups excluding carboxylic acids is 1. The van der Waals surface area contributed by atoms with Gasteiger partial charge < -0.3 is 14.4 Å². The first kappa shape index (κ1) is 16.1. The monoisotopic (exact) mass is 354 g/mol. The number of pyridine rings is 1. The van der Waals surface area contributed by atoms with E-state index in [1.165, 1.54) is 0 Å². The summed E-state index contributed by atoms with van der Waals surface area (Å²) in [6.07, 6.45) is 0. The zero-order chi connectivity index (χ0) is 17.1. The Morgan fingerprint density at radius 3 is 2.88 bits per heavy atom. The van der Waals surface area contributed by atoms with E-state index in [9.17, 15) is 4.79 Å². The fourth-order valence-corrected chi connectivity index (χ4v) is 3.51. The molecule has 2 aromatic heterocycles. The van der Waals surface area contributed by atoms with Crippen LogP contribution >= 0.6 is 11.3 Å². The maximum atomic E-state index is 12.4. The van der Waals surface area contributed by atoms with Crippen LogP contribution in [0.25, 0.3) is 22.2 Å². The van der Waals surface area contributed by atoms with Gasteiger partial charge in [-0.3, -0.25) is 4.79 Å². The lowest BCUT2D eigenvalue weighted by atomic mass is 10.1. The second kappa shape index (κ2) is 7.21. The number of fused-ring (bicyclic) bond motifs is 1. The molecule has 1 aliphatic heterocycles. The van der Waals surface area contributed by atoms with Gasteiger partial charge in [0, 0.05) is 35.5 Å². The summed E-state index contributed by atoms with van der Waals surface area (Å²) in [6, 6.07) is 11.8. The molecule has 3 heterocycles. The summed E-state index contributed by atoms with van der Waals surface area (Å²) in [5, 5.41) is 4.99. The number of morpholine rings is 1. The molecule has 0 radical (unpaired) electrons. The van der Waals surface area contributed by atoms with Crippen LogP contribution in [-0.2, 0) is 9.53 Å². The molecular weight excluding hydrogens is 336 g/mol. The molecule has 3 aromatic rings. The molecule has 128 valence electrons. The second-order valence-electron chi connectivity index (χ2n) is 5.82. The lowest BCUT2D eigenvalue weighted by Crippen LogP contribution is -2.43. The number of rotatable bonds is 4. The highest BCUT2D eigenvalue weighted by Gasteiger charge is 2.18. The summed E-state index contributed by atoms with van der Waals surface area (Å²) < 4.78 is 11.2. The fourth-order valence-electron chi connectivity index (χ4n) is 2.86. The number of ether oxygens (including phenoxy) is 2. The van der Waals surface area contributed by atoms with E-state index in [1.807, 2.05) is 41.8 Å². The molecule has 1 amide bonds. The lowest BCUT2D eigenvalue weighted by molar-refractivity contribution is -0.137. The molecule has 0 unspecified atom stereocenters. The predicted octanol–water partition coefficient (Wildman–Crippen LogP) is 3.20. The Morgan fingerprint density at radius 2 is 2.08 bits per heavy atom. The van der Waals surface area contributed by atoms with Crippen molar-refractivity contribution in [3.63, 3.8) is 0 Å². The number of amides is 1. The molecule has 25 heavy (non-hydrogen) atoms. The third-order valence-electron chi connectivity index (χ3n) is 4.21. The van der Waals surface area contributed by atoms with Gasteiger partial charge in [-0.15, -0.1) is 0 Å². The van der Waals surface area contributed by atoms with Crippen molar-refractivity contribution in [1.82, 2.24) is 9.88 Å². The van der Waals surface area contributed by atoms with Crippen molar-refractivity contribution in [2.45, 2.75) is 0 Å². The van der Waals surface area contributed by atoms with Crippen LogP contribution in [0.4, 0.5) is 0 Å². The van der Waals surface area contributed by atoms with E-state index in [-0.39, 0.29) is 12.5 Å². The smallest absolute Gasteiger partial charge is 0.260 e. The largest absolute Gasteiger partial charge is 0.483 e. The molecule has 0 N–H and O–H groups in total. The summed E-state index contributed by atoms with van der Waals surface area (Å²) in [4.78, 5) is 18.8. The molecular formula is C19H18N2O3S. The number of benzene rings is 1. The average Bonchev–Trinajstić information content (AvgIpc) is 3.21. The van der Waals surface area contributed by atoms with E-state index < -0.39 is 0 Å². The minimum atomic E-state index is -0.0127. The summed E-state index contributed by atoms with van der Waals surface area (Å²) in [5.41, 5.74) is 2.77. The number of hydrogen-bond acceptors (Lipinski definition) is 5. The predicted molar refractivity (Wildman–Crippen MR) is 98.0 cm³/mol. The highest BCUT2D eigenvalue weighted by Crippen LogP contribution is 2.30. The normalized spacial score (nSPS) is 14.6. The van der Waals surface area contributed by atoms with Crippen molar-refractivity contribution in [2.75, 3.05) is 32.9 Å². The number of carbonyl (C=O) groups is 1. The first-order valence-corrected chi connectivity index (χ1v) is 9.16. The molecule has 4 rings (SSSR count). The number of nitrogens with zero attached hydrogens (tertiary/aromatic N) is 2. The highest BCUT2D eigenvalue weighted by atomic mass is 32.1. The van der Waals surface area contributed by atoms with Gasteiger partial charge in [-0.1, -0.05) is 12.1 Å². The fraction of sp³-hybridized carbons (Fsp3) is 0.263. The summed E-state index contributed by atoms with van der Waals surface area (Å²) in [6.45, 7) is 2.45. The van der Waals surface area contributed by atoms with Crippen LogP contribution in [0.2, 0.25) is 0 Å². The van der Waals surface area contributed by atoms with Gasteiger partial charge in [0.1, 0.15) is 5.75 Å². The van der Waals surface area contributed by atoms with Crippen LogP contribution in [0.1, 0.15) is 0 Å². The molecule has 0 bridgehead atoms. The Balaban J connectivity index is 1.60. The summed E-state index contributed by atoms with van der Waals surface area (Å²) >= 11 is 1.63. The average molecular weight is 354 g/mol. The summed E-state index contributed by atoms with van der Waals surface area (Å²) in [7, 11) is 0. The van der Waals surface area contributed by atoms with Crippen molar-refractivity contribution in [3.05, 3.63) is 47.2 Å². The minimum Gasteiger partial charge on any atom is -0.483 e. The number of thiophene rings is 1. The van der Waals surface area contributed by atoms with Crippen molar-refractivity contribution >= 4 is 28.1 Å². The Hall–Kier alpha value is -2.44. The molecule has 0 atom stereocenters. The molecule has 1 aliphatic rings. The summed E-state index contributed by atoms with van der Waals surface area (Å²) in [5.74, 6) is 0.676. The van der Waals surface area contributed by atoms with Gasteiger partial charge in [0.05, 0.1) is 24.4 Å². The van der Waals surface area contributed by atoms with Gasteiger partial charge >= 0.3 is 0 Å². The Bertz CT molecular complexity index is 874. The third-order valence-corrected chi connectivity index (χ3v) is 4.89. The van der Waals surface area contributed by atoms with Gasteiger partial charge in [0.2, 0.25) is 0 Å². The number of aromatic nitrogens is 1. The van der Waals surface area contributed by atoms with E-state index in [0.717, 1.165) is 22.2 Å². The van der Waals surface area contributed by atoms with Gasteiger partial charge in [-0.05, 0) is 23.6 Å². The first-order chi connectivity index (χ1) is 12.3. The van der Waals surface area contributed by atoms with Crippen LogP contribution < -0.4 is 4.74 Å².